The zero-order valence-electron chi connectivity index (χ0n) is 11.5. The van der Waals surface area contributed by atoms with E-state index in [2.05, 4.69) is 6.07 Å². The molecule has 1 saturated carbocycles. The summed E-state index contributed by atoms with van der Waals surface area (Å²) in [4.78, 5) is 11.7. The molecule has 1 aromatic rings. The van der Waals surface area contributed by atoms with Gasteiger partial charge in [0.05, 0.1) is 12.5 Å². The third-order valence-electron chi connectivity index (χ3n) is 4.29. The van der Waals surface area contributed by atoms with Crippen molar-refractivity contribution in [1.82, 2.24) is 0 Å². The number of hydrogen-bond acceptors (Lipinski definition) is 2. The number of carboxylic acid groups (broad SMARTS) is 1. The number of methoxy groups -OCH3 is 1. The van der Waals surface area contributed by atoms with Crippen LogP contribution in [0.4, 0.5) is 0 Å². The molecular formula is C15H20O3. The van der Waals surface area contributed by atoms with E-state index in [-0.39, 0.29) is 0 Å². The molecule has 3 nitrogen and oxygen atoms in total. The zero-order valence-corrected chi connectivity index (χ0v) is 11.5. The Morgan fingerprint density at radius 1 is 1.28 bits per heavy atom. The average molecular weight is 248 g/mol. The SMILES string of the molecule is COc1c(C)c(C)cc(C)c1C1(C(=O)O)CCC1. The number of ether oxygens (including phenoxy) is 1. The standard InChI is InChI=1S/C15H20O3/c1-9-8-10(2)12(13(18-4)11(9)3)15(14(16)17)6-5-7-15/h8H,5-7H2,1-4H3,(H,16,17). The molecule has 0 aliphatic heterocycles. The topological polar surface area (TPSA) is 46.5 Å². The Morgan fingerprint density at radius 3 is 2.28 bits per heavy atom. The maximum Gasteiger partial charge on any atom is 0.314 e. The van der Waals surface area contributed by atoms with Gasteiger partial charge in [-0.3, -0.25) is 4.79 Å². The molecule has 0 amide bonds. The summed E-state index contributed by atoms with van der Waals surface area (Å²) in [6.45, 7) is 6.00. The van der Waals surface area contributed by atoms with Gasteiger partial charge in [0.15, 0.2) is 0 Å². The number of carboxylic acids is 1. The molecule has 1 fully saturated rings. The van der Waals surface area contributed by atoms with Crippen molar-refractivity contribution in [2.75, 3.05) is 7.11 Å². The summed E-state index contributed by atoms with van der Waals surface area (Å²) in [6.07, 6.45) is 2.39. The first-order chi connectivity index (χ1) is 8.44. The zero-order chi connectivity index (χ0) is 13.5. The Balaban J connectivity index is 2.70. The lowest BCUT2D eigenvalue weighted by atomic mass is 9.62. The van der Waals surface area contributed by atoms with E-state index in [0.717, 1.165) is 34.4 Å². The molecule has 0 heterocycles. The Bertz CT molecular complexity index is 499. The lowest BCUT2D eigenvalue weighted by molar-refractivity contribution is -0.147. The molecule has 1 aliphatic rings. The van der Waals surface area contributed by atoms with E-state index in [1.807, 2.05) is 20.8 Å². The van der Waals surface area contributed by atoms with Gasteiger partial charge in [-0.25, -0.2) is 0 Å². The van der Waals surface area contributed by atoms with E-state index in [1.165, 1.54) is 0 Å². The second kappa shape index (κ2) is 4.30. The lowest BCUT2D eigenvalue weighted by Gasteiger charge is -2.40. The Morgan fingerprint density at radius 2 is 1.89 bits per heavy atom. The minimum Gasteiger partial charge on any atom is -0.496 e. The average Bonchev–Trinajstić information content (AvgIpc) is 2.23. The van der Waals surface area contributed by atoms with Gasteiger partial charge < -0.3 is 9.84 Å². The number of benzene rings is 1. The fraction of sp³-hybridized carbons (Fsp3) is 0.533. The first-order valence-corrected chi connectivity index (χ1v) is 6.32. The smallest absolute Gasteiger partial charge is 0.314 e. The van der Waals surface area contributed by atoms with Gasteiger partial charge in [-0.2, -0.15) is 0 Å². The highest BCUT2D eigenvalue weighted by Gasteiger charge is 2.48. The molecule has 0 unspecified atom stereocenters. The largest absolute Gasteiger partial charge is 0.496 e. The predicted molar refractivity (Wildman–Crippen MR) is 70.4 cm³/mol. The van der Waals surface area contributed by atoms with Crippen LogP contribution in [-0.4, -0.2) is 18.2 Å². The third kappa shape index (κ3) is 1.61. The number of aliphatic carboxylic acids is 1. The maximum atomic E-state index is 11.7. The molecule has 0 aromatic heterocycles. The second-order valence-corrected chi connectivity index (χ2v) is 5.28. The number of rotatable bonds is 3. The van der Waals surface area contributed by atoms with Crippen LogP contribution in [0.15, 0.2) is 6.07 Å². The van der Waals surface area contributed by atoms with Crippen LogP contribution in [0.25, 0.3) is 0 Å². The molecule has 0 radical (unpaired) electrons. The van der Waals surface area contributed by atoms with E-state index in [4.69, 9.17) is 4.74 Å². The van der Waals surface area contributed by atoms with Crippen LogP contribution in [0.5, 0.6) is 5.75 Å². The monoisotopic (exact) mass is 248 g/mol. The second-order valence-electron chi connectivity index (χ2n) is 5.28. The van der Waals surface area contributed by atoms with Crippen molar-refractivity contribution in [2.45, 2.75) is 45.4 Å². The van der Waals surface area contributed by atoms with Crippen LogP contribution >= 0.6 is 0 Å². The molecule has 0 spiro atoms. The van der Waals surface area contributed by atoms with Crippen LogP contribution in [0.3, 0.4) is 0 Å². The summed E-state index contributed by atoms with van der Waals surface area (Å²) in [5, 5.41) is 9.59. The van der Waals surface area contributed by atoms with Gasteiger partial charge in [0.25, 0.3) is 0 Å². The van der Waals surface area contributed by atoms with Crippen molar-refractivity contribution in [3.8, 4) is 5.75 Å². The molecule has 0 bridgehead atoms. The first-order valence-electron chi connectivity index (χ1n) is 6.32. The Labute approximate surface area is 108 Å². The first kappa shape index (κ1) is 12.9. The third-order valence-corrected chi connectivity index (χ3v) is 4.29. The van der Waals surface area contributed by atoms with Crippen LogP contribution in [0.1, 0.15) is 41.5 Å². The number of carbonyl (C=O) groups is 1. The van der Waals surface area contributed by atoms with Crippen LogP contribution in [0, 0.1) is 20.8 Å². The van der Waals surface area contributed by atoms with Crippen molar-refractivity contribution in [1.29, 1.82) is 0 Å². The molecule has 98 valence electrons. The molecule has 0 atom stereocenters. The van der Waals surface area contributed by atoms with E-state index in [0.29, 0.717) is 12.8 Å². The molecule has 0 saturated heterocycles. The summed E-state index contributed by atoms with van der Waals surface area (Å²) in [5.74, 6) is 0.0352. The summed E-state index contributed by atoms with van der Waals surface area (Å²) in [7, 11) is 1.62. The maximum absolute atomic E-state index is 11.7. The van der Waals surface area contributed by atoms with Gasteiger partial charge in [0.1, 0.15) is 5.75 Å². The highest BCUT2D eigenvalue weighted by atomic mass is 16.5. The van der Waals surface area contributed by atoms with Crippen molar-refractivity contribution >= 4 is 5.97 Å². The molecule has 3 heteroatoms. The quantitative estimate of drug-likeness (QED) is 0.894. The van der Waals surface area contributed by atoms with Crippen molar-refractivity contribution < 1.29 is 14.6 Å². The van der Waals surface area contributed by atoms with Gasteiger partial charge in [0.2, 0.25) is 0 Å². The highest BCUT2D eigenvalue weighted by molar-refractivity contribution is 5.84. The summed E-state index contributed by atoms with van der Waals surface area (Å²) in [5.41, 5.74) is 3.37. The summed E-state index contributed by atoms with van der Waals surface area (Å²) >= 11 is 0. The van der Waals surface area contributed by atoms with Crippen molar-refractivity contribution in [3.63, 3.8) is 0 Å². The van der Waals surface area contributed by atoms with E-state index < -0.39 is 11.4 Å². The Kier molecular flexibility index (Phi) is 3.09. The minimum absolute atomic E-state index is 0.710. The van der Waals surface area contributed by atoms with E-state index in [9.17, 15) is 9.90 Å². The van der Waals surface area contributed by atoms with Crippen molar-refractivity contribution in [3.05, 3.63) is 28.3 Å². The van der Waals surface area contributed by atoms with Crippen molar-refractivity contribution in [2.24, 2.45) is 0 Å². The van der Waals surface area contributed by atoms with Gasteiger partial charge in [0, 0.05) is 5.56 Å². The van der Waals surface area contributed by atoms with Gasteiger partial charge in [-0.1, -0.05) is 12.5 Å². The van der Waals surface area contributed by atoms with Gasteiger partial charge in [-0.15, -0.1) is 0 Å². The molecule has 1 N–H and O–H groups in total. The summed E-state index contributed by atoms with van der Waals surface area (Å²) < 4.78 is 5.51. The molecule has 1 aliphatic carbocycles. The predicted octanol–water partition coefficient (Wildman–Crippen LogP) is 3.13. The molecule has 2 rings (SSSR count). The minimum atomic E-state index is -0.728. The van der Waals surface area contributed by atoms with Crippen LogP contribution in [-0.2, 0) is 10.2 Å². The summed E-state index contributed by atoms with van der Waals surface area (Å²) in [6, 6.07) is 2.07. The fourth-order valence-electron chi connectivity index (χ4n) is 3.00. The number of aryl methyl sites for hydroxylation is 2. The molecule has 1 aromatic carbocycles. The number of hydrogen-bond donors (Lipinski definition) is 1. The van der Waals surface area contributed by atoms with Gasteiger partial charge >= 0.3 is 5.97 Å². The molecular weight excluding hydrogens is 228 g/mol. The lowest BCUT2D eigenvalue weighted by Crippen LogP contribution is -2.43. The van der Waals surface area contributed by atoms with Crippen LogP contribution < -0.4 is 4.74 Å². The fourth-order valence-corrected chi connectivity index (χ4v) is 3.00. The van der Waals surface area contributed by atoms with Gasteiger partial charge in [-0.05, 0) is 50.3 Å². The highest BCUT2D eigenvalue weighted by Crippen LogP contribution is 2.50. The normalized spacial score (nSPS) is 17.1. The van der Waals surface area contributed by atoms with E-state index in [1.54, 1.807) is 7.11 Å². The molecule has 18 heavy (non-hydrogen) atoms. The van der Waals surface area contributed by atoms with Crippen LogP contribution in [0.2, 0.25) is 0 Å². The Hall–Kier alpha value is -1.51. The van der Waals surface area contributed by atoms with E-state index >= 15 is 0 Å².